The maximum Gasteiger partial charge on any atom is 0.216 e. The van der Waals surface area contributed by atoms with E-state index in [0.29, 0.717) is 5.69 Å². The number of rotatable bonds is 2. The minimum absolute atomic E-state index is 0.654. The largest absolute Gasteiger partial charge is 0.455 e. The summed E-state index contributed by atoms with van der Waals surface area (Å²) < 4.78 is 8.67. The quantitative estimate of drug-likeness (QED) is 0.237. The Morgan fingerprint density at radius 2 is 1.60 bits per heavy atom. The lowest BCUT2D eigenvalue weighted by Gasteiger charge is -2.09. The number of pyridine rings is 1. The molecule has 3 nitrogen and oxygen atoms in total. The second-order valence-electron chi connectivity index (χ2n) is 7.70. The van der Waals surface area contributed by atoms with E-state index in [1.54, 1.807) is 0 Å². The van der Waals surface area contributed by atoms with Gasteiger partial charge < -0.3 is 4.42 Å². The smallest absolute Gasteiger partial charge is 0.216 e. The van der Waals surface area contributed by atoms with Gasteiger partial charge in [0, 0.05) is 22.9 Å². The minimum atomic E-state index is 0.654. The third-order valence-electron chi connectivity index (χ3n) is 5.78. The van der Waals surface area contributed by atoms with Crippen LogP contribution in [-0.2, 0) is 7.05 Å². The molecule has 144 valence electrons. The zero-order valence-electron chi connectivity index (χ0n) is 17.2. The van der Waals surface area contributed by atoms with Gasteiger partial charge in [0.1, 0.15) is 18.2 Å². The predicted molar refractivity (Wildman–Crippen MR) is 122 cm³/mol. The molecule has 5 aromatic rings. The van der Waals surface area contributed by atoms with Crippen molar-refractivity contribution in [1.29, 1.82) is 0 Å². The minimum Gasteiger partial charge on any atom is -0.455 e. The molecule has 5 rings (SSSR count). The fourth-order valence-corrected chi connectivity index (χ4v) is 4.34. The summed E-state index contributed by atoms with van der Waals surface area (Å²) in [4.78, 5) is 3.86. The summed E-state index contributed by atoms with van der Waals surface area (Å²) in [6.45, 7) is 11.9. The van der Waals surface area contributed by atoms with Gasteiger partial charge in [0.15, 0.2) is 11.9 Å². The Bertz CT molecular complexity index is 1470. The van der Waals surface area contributed by atoms with Crippen molar-refractivity contribution in [2.24, 2.45) is 7.05 Å². The van der Waals surface area contributed by atoms with E-state index >= 15 is 0 Å². The molecule has 30 heavy (non-hydrogen) atoms. The molecule has 0 saturated heterocycles. The molecule has 3 heteroatoms. The maximum absolute atomic E-state index is 7.80. The number of aryl methyl sites for hydroxylation is 3. The molecule has 0 fully saturated rings. The standard InChI is InChI=1S/C27H21N2O/c1-17-13-14-20-25-24(19-10-6-5-7-11-19)21(28-3)16-18(2)26(25)30-27(20)23(17)22-12-8-9-15-29(22)4/h5-16H,1-2,4H3/q+1. The van der Waals surface area contributed by atoms with Gasteiger partial charge in [-0.1, -0.05) is 42.5 Å². The molecule has 0 atom stereocenters. The van der Waals surface area contributed by atoms with Gasteiger partial charge in [-0.3, -0.25) is 0 Å². The number of nitrogens with zero attached hydrogens (tertiary/aromatic N) is 2. The van der Waals surface area contributed by atoms with Gasteiger partial charge in [-0.05, 0) is 48.2 Å². The van der Waals surface area contributed by atoms with Crippen LogP contribution < -0.4 is 4.57 Å². The SMILES string of the molecule is [C-]#[N+]c1cc(C)c2oc3c(-c4cccc[n+]4C)c(C)ccc3c2c1-c1ccccc1. The Labute approximate surface area is 175 Å². The zero-order valence-corrected chi connectivity index (χ0v) is 17.2. The third-order valence-corrected chi connectivity index (χ3v) is 5.78. The highest BCUT2D eigenvalue weighted by atomic mass is 16.3. The van der Waals surface area contributed by atoms with Crippen LogP contribution in [-0.4, -0.2) is 0 Å². The topological polar surface area (TPSA) is 21.4 Å². The molecule has 0 amide bonds. The molecule has 3 aromatic carbocycles. The van der Waals surface area contributed by atoms with Crippen molar-refractivity contribution in [2.75, 3.05) is 0 Å². The van der Waals surface area contributed by atoms with E-state index in [1.807, 2.05) is 56.6 Å². The second-order valence-corrected chi connectivity index (χ2v) is 7.70. The van der Waals surface area contributed by atoms with Gasteiger partial charge in [-0.15, -0.1) is 0 Å². The summed E-state index contributed by atoms with van der Waals surface area (Å²) in [6, 6.07) is 22.5. The van der Waals surface area contributed by atoms with Crippen molar-refractivity contribution in [2.45, 2.75) is 13.8 Å². The Morgan fingerprint density at radius 1 is 0.833 bits per heavy atom. The average Bonchev–Trinajstić information content (AvgIpc) is 3.15. The van der Waals surface area contributed by atoms with Gasteiger partial charge in [-0.2, -0.15) is 0 Å². The first-order chi connectivity index (χ1) is 14.6. The highest BCUT2D eigenvalue weighted by Gasteiger charge is 2.24. The number of aromatic nitrogens is 1. The first-order valence-electron chi connectivity index (χ1n) is 9.97. The van der Waals surface area contributed by atoms with Crippen LogP contribution in [0, 0.1) is 20.4 Å². The molecule has 2 heterocycles. The Kier molecular flexibility index (Phi) is 4.15. The first kappa shape index (κ1) is 18.1. The summed E-state index contributed by atoms with van der Waals surface area (Å²) >= 11 is 0. The summed E-state index contributed by atoms with van der Waals surface area (Å²) in [7, 11) is 2.05. The van der Waals surface area contributed by atoms with Gasteiger partial charge in [0.2, 0.25) is 5.69 Å². The van der Waals surface area contributed by atoms with E-state index < -0.39 is 0 Å². The average molecular weight is 389 g/mol. The van der Waals surface area contributed by atoms with Crippen molar-refractivity contribution in [1.82, 2.24) is 0 Å². The van der Waals surface area contributed by atoms with Crippen LogP contribution in [0.4, 0.5) is 5.69 Å². The molecule has 0 bridgehead atoms. The van der Waals surface area contributed by atoms with Gasteiger partial charge >= 0.3 is 0 Å². The van der Waals surface area contributed by atoms with E-state index in [1.165, 1.54) is 0 Å². The molecule has 0 spiro atoms. The lowest BCUT2D eigenvalue weighted by atomic mass is 9.94. The van der Waals surface area contributed by atoms with E-state index in [0.717, 1.165) is 55.4 Å². The highest BCUT2D eigenvalue weighted by molar-refractivity contribution is 6.18. The number of hydrogen-bond donors (Lipinski definition) is 0. The van der Waals surface area contributed by atoms with E-state index in [2.05, 4.69) is 46.7 Å². The van der Waals surface area contributed by atoms with E-state index in [-0.39, 0.29) is 0 Å². The first-order valence-corrected chi connectivity index (χ1v) is 9.97. The van der Waals surface area contributed by atoms with Crippen LogP contribution in [0.25, 0.3) is 49.2 Å². The fourth-order valence-electron chi connectivity index (χ4n) is 4.34. The third kappa shape index (κ3) is 2.62. The maximum atomic E-state index is 7.80. The Morgan fingerprint density at radius 3 is 2.33 bits per heavy atom. The van der Waals surface area contributed by atoms with Crippen molar-refractivity contribution in [3.05, 3.63) is 95.5 Å². The monoisotopic (exact) mass is 389 g/mol. The molecule has 0 aliphatic rings. The molecular formula is C27H21N2O+. The van der Waals surface area contributed by atoms with Crippen molar-refractivity contribution in [3.8, 4) is 22.4 Å². The van der Waals surface area contributed by atoms with Crippen LogP contribution >= 0.6 is 0 Å². The van der Waals surface area contributed by atoms with Crippen molar-refractivity contribution >= 4 is 27.6 Å². The Balaban J connectivity index is 1.99. The van der Waals surface area contributed by atoms with Gasteiger partial charge in [-0.25, -0.2) is 9.41 Å². The molecular weight excluding hydrogens is 368 g/mol. The highest BCUT2D eigenvalue weighted by Crippen LogP contribution is 2.46. The summed E-state index contributed by atoms with van der Waals surface area (Å²) in [5.41, 5.74) is 8.68. The normalized spacial score (nSPS) is 11.1. The lowest BCUT2D eigenvalue weighted by molar-refractivity contribution is -0.660. The summed E-state index contributed by atoms with van der Waals surface area (Å²) in [5, 5.41) is 2.06. The number of furan rings is 1. The molecule has 0 unspecified atom stereocenters. The van der Waals surface area contributed by atoms with E-state index in [4.69, 9.17) is 11.0 Å². The van der Waals surface area contributed by atoms with Gasteiger partial charge in [0.25, 0.3) is 0 Å². The van der Waals surface area contributed by atoms with Crippen LogP contribution in [0.15, 0.2) is 77.3 Å². The molecule has 2 aromatic heterocycles. The van der Waals surface area contributed by atoms with Crippen molar-refractivity contribution < 1.29 is 8.98 Å². The van der Waals surface area contributed by atoms with E-state index in [9.17, 15) is 0 Å². The summed E-state index contributed by atoms with van der Waals surface area (Å²) in [5.74, 6) is 0. The second kappa shape index (κ2) is 6.86. The molecule has 0 aliphatic carbocycles. The fraction of sp³-hybridized carbons (Fsp3) is 0.111. The van der Waals surface area contributed by atoms with Gasteiger partial charge in [0.05, 0.1) is 12.1 Å². The molecule has 0 N–H and O–H groups in total. The molecule has 0 saturated carbocycles. The lowest BCUT2D eigenvalue weighted by Crippen LogP contribution is -2.30. The number of fused-ring (bicyclic) bond motifs is 3. The summed E-state index contributed by atoms with van der Waals surface area (Å²) in [6.07, 6.45) is 2.05. The van der Waals surface area contributed by atoms with Crippen LogP contribution in [0.2, 0.25) is 0 Å². The number of benzene rings is 3. The van der Waals surface area contributed by atoms with Crippen molar-refractivity contribution in [3.63, 3.8) is 0 Å². The Hall–Kier alpha value is -3.90. The molecule has 0 radical (unpaired) electrons. The predicted octanol–water partition coefficient (Wildman–Crippen LogP) is 6.91. The molecule has 0 aliphatic heterocycles. The number of hydrogen-bond acceptors (Lipinski definition) is 1. The van der Waals surface area contributed by atoms with Crippen LogP contribution in [0.1, 0.15) is 11.1 Å². The zero-order chi connectivity index (χ0) is 20.8. The van der Waals surface area contributed by atoms with Crippen LogP contribution in [0.3, 0.4) is 0 Å². The van der Waals surface area contributed by atoms with Crippen LogP contribution in [0.5, 0.6) is 0 Å².